The van der Waals surface area contributed by atoms with Crippen LogP contribution in [0.25, 0.3) is 16.6 Å². The summed E-state index contributed by atoms with van der Waals surface area (Å²) in [7, 11) is 0. The van der Waals surface area contributed by atoms with E-state index in [0.717, 1.165) is 46.4 Å². The number of nitrogens with zero attached hydrogens (tertiary/aromatic N) is 4. The zero-order valence-electron chi connectivity index (χ0n) is 25.7. The second-order valence-corrected chi connectivity index (χ2v) is 8.78. The van der Waals surface area contributed by atoms with Gasteiger partial charge in [0.2, 0.25) is 0 Å². The Labute approximate surface area is 235 Å². The molecular formula is C32H51N5O2. The molecule has 1 unspecified atom stereocenters. The van der Waals surface area contributed by atoms with Crippen molar-refractivity contribution in [1.29, 1.82) is 0 Å². The number of allylic oxidation sites excluding steroid dienone is 1. The number of fused-ring (bicyclic) bond motifs is 1. The van der Waals surface area contributed by atoms with Gasteiger partial charge in [-0.15, -0.1) is 0 Å². The molecule has 2 aromatic carbocycles. The van der Waals surface area contributed by atoms with Crippen LogP contribution in [0.5, 0.6) is 0 Å². The zero-order chi connectivity index (χ0) is 29.5. The van der Waals surface area contributed by atoms with Crippen LogP contribution in [0.15, 0.2) is 58.9 Å². The molecule has 0 aliphatic carbocycles. The maximum Gasteiger partial charge on any atom is 0.329 e. The predicted octanol–water partition coefficient (Wildman–Crippen LogP) is 5.91. The normalized spacial score (nSPS) is 11.9. The van der Waals surface area contributed by atoms with Gasteiger partial charge in [0.15, 0.2) is 0 Å². The first-order valence-corrected chi connectivity index (χ1v) is 14.5. The SMILES string of the molecule is C=C(/C(=N\NCC(O)CN(CC)CC)c1cccc(C)c1)c1ccc2c(c1)n(CC)c(=O)n2CC.CC.CC. The molecule has 39 heavy (non-hydrogen) atoms. The number of benzene rings is 2. The van der Waals surface area contributed by atoms with Crippen molar-refractivity contribution in [3.05, 3.63) is 76.2 Å². The van der Waals surface area contributed by atoms with Crippen molar-refractivity contribution < 1.29 is 5.11 Å². The Morgan fingerprint density at radius 1 is 0.949 bits per heavy atom. The summed E-state index contributed by atoms with van der Waals surface area (Å²) in [6.45, 7) is 26.5. The summed E-state index contributed by atoms with van der Waals surface area (Å²) < 4.78 is 3.58. The standard InChI is InChI=1S/C28H39N5O2.2C2H6/c1-7-31(8-2)19-24(34)18-29-30-27(23-13-11-12-20(5)16-23)21(6)22-14-15-25-26(17-22)33(10-4)28(35)32(25)9-3;2*1-2/h11-17,24,29,34H,6-10,18-19H2,1-5H3;2*1-2H3/b30-27+;;. The molecule has 7 nitrogen and oxygen atoms in total. The van der Waals surface area contributed by atoms with Crippen LogP contribution in [0.1, 0.15) is 72.1 Å². The third-order valence-electron chi connectivity index (χ3n) is 6.46. The van der Waals surface area contributed by atoms with Gasteiger partial charge in [-0.2, -0.15) is 5.10 Å². The number of hydrazone groups is 1. The molecule has 0 fully saturated rings. The van der Waals surface area contributed by atoms with Gasteiger partial charge in [0.05, 0.1) is 29.4 Å². The fourth-order valence-electron chi connectivity index (χ4n) is 4.43. The van der Waals surface area contributed by atoms with E-state index in [4.69, 9.17) is 0 Å². The number of likely N-dealkylation sites (N-methyl/N-ethyl adjacent to an activating group) is 1. The zero-order valence-corrected chi connectivity index (χ0v) is 25.7. The Morgan fingerprint density at radius 2 is 1.56 bits per heavy atom. The minimum Gasteiger partial charge on any atom is -0.390 e. The maximum atomic E-state index is 12.8. The van der Waals surface area contributed by atoms with Crippen molar-refractivity contribution in [2.24, 2.45) is 5.10 Å². The quantitative estimate of drug-likeness (QED) is 0.222. The molecule has 0 saturated carbocycles. The Bertz CT molecular complexity index is 1250. The summed E-state index contributed by atoms with van der Waals surface area (Å²) >= 11 is 0. The average molecular weight is 538 g/mol. The Hall–Kier alpha value is -3.16. The molecule has 3 aromatic rings. The molecule has 0 spiro atoms. The van der Waals surface area contributed by atoms with Crippen molar-refractivity contribution in [2.75, 3.05) is 26.2 Å². The molecular weight excluding hydrogens is 486 g/mol. The molecule has 0 radical (unpaired) electrons. The first kappa shape index (κ1) is 33.9. The minimum atomic E-state index is -0.533. The van der Waals surface area contributed by atoms with Gasteiger partial charge < -0.3 is 15.4 Å². The van der Waals surface area contributed by atoms with E-state index in [2.05, 4.69) is 41.9 Å². The van der Waals surface area contributed by atoms with Crippen LogP contribution < -0.4 is 11.1 Å². The van der Waals surface area contributed by atoms with Crippen molar-refractivity contribution in [3.8, 4) is 0 Å². The highest BCUT2D eigenvalue weighted by atomic mass is 16.3. The summed E-state index contributed by atoms with van der Waals surface area (Å²) in [5.41, 5.74) is 9.33. The molecule has 0 bridgehead atoms. The van der Waals surface area contributed by atoms with Gasteiger partial charge in [0.25, 0.3) is 0 Å². The molecule has 0 saturated heterocycles. The number of hydrogen-bond donors (Lipinski definition) is 2. The first-order chi connectivity index (χ1) is 18.8. The van der Waals surface area contributed by atoms with Gasteiger partial charge in [-0.1, -0.05) is 78.0 Å². The molecule has 1 heterocycles. The van der Waals surface area contributed by atoms with Gasteiger partial charge >= 0.3 is 5.69 Å². The third-order valence-corrected chi connectivity index (χ3v) is 6.46. The van der Waals surface area contributed by atoms with Crippen LogP contribution in [0.4, 0.5) is 0 Å². The van der Waals surface area contributed by atoms with Gasteiger partial charge in [-0.3, -0.25) is 9.13 Å². The number of aliphatic hydroxyl groups excluding tert-OH is 1. The van der Waals surface area contributed by atoms with Crippen LogP contribution >= 0.6 is 0 Å². The lowest BCUT2D eigenvalue weighted by Crippen LogP contribution is -2.37. The molecule has 0 aliphatic heterocycles. The smallest absolute Gasteiger partial charge is 0.329 e. The second kappa shape index (κ2) is 17.4. The lowest BCUT2D eigenvalue weighted by molar-refractivity contribution is 0.117. The van der Waals surface area contributed by atoms with E-state index in [0.29, 0.717) is 31.9 Å². The van der Waals surface area contributed by atoms with Gasteiger partial charge in [0.1, 0.15) is 0 Å². The minimum absolute atomic E-state index is 0.00388. The number of aryl methyl sites for hydroxylation is 3. The molecule has 2 N–H and O–H groups in total. The second-order valence-electron chi connectivity index (χ2n) is 8.78. The number of hydrogen-bond acceptors (Lipinski definition) is 5. The predicted molar refractivity (Wildman–Crippen MR) is 169 cm³/mol. The van der Waals surface area contributed by atoms with E-state index in [1.807, 2.05) is 84.9 Å². The Morgan fingerprint density at radius 3 is 2.13 bits per heavy atom. The summed E-state index contributed by atoms with van der Waals surface area (Å²) in [5, 5.41) is 15.1. The molecule has 3 rings (SSSR count). The van der Waals surface area contributed by atoms with Gasteiger partial charge in [-0.05, 0) is 57.6 Å². The molecule has 1 atom stereocenters. The largest absolute Gasteiger partial charge is 0.390 e. The highest BCUT2D eigenvalue weighted by Gasteiger charge is 2.16. The monoisotopic (exact) mass is 537 g/mol. The number of rotatable bonds is 12. The van der Waals surface area contributed by atoms with E-state index in [1.165, 1.54) is 0 Å². The molecule has 0 amide bonds. The van der Waals surface area contributed by atoms with E-state index in [-0.39, 0.29) is 5.69 Å². The van der Waals surface area contributed by atoms with E-state index < -0.39 is 6.10 Å². The number of aliphatic hydroxyl groups is 1. The fourth-order valence-corrected chi connectivity index (χ4v) is 4.43. The molecule has 216 valence electrons. The summed E-state index contributed by atoms with van der Waals surface area (Å²) in [6, 6.07) is 14.1. The van der Waals surface area contributed by atoms with Crippen molar-refractivity contribution in [2.45, 2.75) is 81.5 Å². The van der Waals surface area contributed by atoms with Gasteiger partial charge in [-0.25, -0.2) is 4.79 Å². The summed E-state index contributed by atoms with van der Waals surface area (Å²) in [5.74, 6) is 0. The lowest BCUT2D eigenvalue weighted by Gasteiger charge is -2.21. The van der Waals surface area contributed by atoms with Crippen molar-refractivity contribution >= 4 is 22.3 Å². The number of aromatic nitrogens is 2. The third kappa shape index (κ3) is 8.67. The van der Waals surface area contributed by atoms with Gasteiger partial charge in [0, 0.05) is 30.8 Å². The molecule has 0 aliphatic rings. The highest BCUT2D eigenvalue weighted by molar-refractivity contribution is 6.31. The van der Waals surface area contributed by atoms with Crippen LogP contribution in [0, 0.1) is 6.92 Å². The van der Waals surface area contributed by atoms with E-state index in [1.54, 1.807) is 9.13 Å². The fraction of sp³-hybridized carbons (Fsp3) is 0.500. The number of nitrogens with one attached hydrogen (secondary N) is 1. The Kier molecular flexibility index (Phi) is 15.1. The maximum absolute atomic E-state index is 12.8. The highest BCUT2D eigenvalue weighted by Crippen LogP contribution is 2.24. The van der Waals surface area contributed by atoms with Crippen molar-refractivity contribution in [1.82, 2.24) is 19.5 Å². The molecule has 1 aromatic heterocycles. The number of imidazole rings is 1. The summed E-state index contributed by atoms with van der Waals surface area (Å²) in [6.07, 6.45) is -0.533. The van der Waals surface area contributed by atoms with Crippen molar-refractivity contribution in [3.63, 3.8) is 0 Å². The summed E-state index contributed by atoms with van der Waals surface area (Å²) in [4.78, 5) is 15.0. The van der Waals surface area contributed by atoms with Crippen LogP contribution in [0.3, 0.4) is 0 Å². The van der Waals surface area contributed by atoms with E-state index >= 15 is 0 Å². The lowest BCUT2D eigenvalue weighted by atomic mass is 9.96. The van der Waals surface area contributed by atoms with Crippen LogP contribution in [0.2, 0.25) is 0 Å². The average Bonchev–Trinajstić information content (AvgIpc) is 3.25. The van der Waals surface area contributed by atoms with Crippen LogP contribution in [-0.4, -0.2) is 57.1 Å². The molecule has 7 heteroatoms. The Balaban J connectivity index is 0.00000181. The van der Waals surface area contributed by atoms with Crippen LogP contribution in [-0.2, 0) is 13.1 Å². The first-order valence-electron chi connectivity index (χ1n) is 14.5. The topological polar surface area (TPSA) is 74.8 Å². The van der Waals surface area contributed by atoms with E-state index in [9.17, 15) is 9.90 Å².